The van der Waals surface area contributed by atoms with Crippen LogP contribution in [0, 0.1) is 0 Å². The van der Waals surface area contributed by atoms with Crippen molar-refractivity contribution in [1.82, 2.24) is 4.57 Å². The van der Waals surface area contributed by atoms with Crippen molar-refractivity contribution in [2.45, 2.75) is 13.5 Å². The van der Waals surface area contributed by atoms with Gasteiger partial charge in [0.15, 0.2) is 0 Å². The standard InChI is InChI=1S/C19H21Br2N2O/c1-4-23(2,3)24-19-13-22(12-14-7-5-6-8-17(14)21)18-10-9-15(20)11-16(18)19/h5-11,13H,4,12H2,1-3H3/q+1. The summed E-state index contributed by atoms with van der Waals surface area (Å²) in [5.74, 6) is 0.908. The molecule has 0 aliphatic rings. The van der Waals surface area contributed by atoms with Gasteiger partial charge in [0.2, 0.25) is 5.75 Å². The number of halogens is 2. The van der Waals surface area contributed by atoms with Crippen LogP contribution in [0.3, 0.4) is 0 Å². The SMILES string of the molecule is CC[N+](C)(C)Oc1cn(Cc2ccccc2Br)c2ccc(Br)cc12. The molecule has 0 radical (unpaired) electrons. The highest BCUT2D eigenvalue weighted by Gasteiger charge is 2.20. The molecule has 1 heterocycles. The number of benzene rings is 2. The zero-order valence-corrected chi connectivity index (χ0v) is 17.3. The van der Waals surface area contributed by atoms with Crippen LogP contribution in [0.1, 0.15) is 12.5 Å². The lowest BCUT2D eigenvalue weighted by Gasteiger charge is -2.25. The van der Waals surface area contributed by atoms with Gasteiger partial charge in [-0.05, 0) is 36.8 Å². The van der Waals surface area contributed by atoms with Gasteiger partial charge in [-0.25, -0.2) is 0 Å². The van der Waals surface area contributed by atoms with Crippen LogP contribution in [0.15, 0.2) is 57.6 Å². The summed E-state index contributed by atoms with van der Waals surface area (Å²) in [7, 11) is 4.13. The highest BCUT2D eigenvalue weighted by molar-refractivity contribution is 9.10. The quantitative estimate of drug-likeness (QED) is 0.362. The molecule has 126 valence electrons. The van der Waals surface area contributed by atoms with Crippen molar-refractivity contribution in [3.05, 3.63) is 63.2 Å². The molecular formula is C19H21Br2N2O+. The summed E-state index contributed by atoms with van der Waals surface area (Å²) in [6, 6.07) is 14.6. The fourth-order valence-electron chi connectivity index (χ4n) is 2.58. The topological polar surface area (TPSA) is 14.2 Å². The number of nitrogens with zero attached hydrogens (tertiary/aromatic N) is 2. The highest BCUT2D eigenvalue weighted by Crippen LogP contribution is 2.33. The number of quaternary nitrogens is 1. The lowest BCUT2D eigenvalue weighted by Crippen LogP contribution is -2.42. The molecule has 1 aromatic heterocycles. The first-order chi connectivity index (χ1) is 11.4. The Kier molecular flexibility index (Phi) is 5.04. The van der Waals surface area contributed by atoms with Gasteiger partial charge in [-0.3, -0.25) is 0 Å². The van der Waals surface area contributed by atoms with Crippen LogP contribution >= 0.6 is 31.9 Å². The Hall–Kier alpha value is -1.30. The Morgan fingerprint density at radius 1 is 1.08 bits per heavy atom. The third-order valence-electron chi connectivity index (χ3n) is 4.21. The Balaban J connectivity index is 2.07. The lowest BCUT2D eigenvalue weighted by molar-refractivity contribution is -1.05. The first kappa shape index (κ1) is 17.5. The van der Waals surface area contributed by atoms with Crippen LogP contribution in [0.4, 0.5) is 0 Å². The Morgan fingerprint density at radius 2 is 1.83 bits per heavy atom. The molecule has 0 spiro atoms. The first-order valence-electron chi connectivity index (χ1n) is 7.94. The molecule has 5 heteroatoms. The second kappa shape index (κ2) is 6.90. The van der Waals surface area contributed by atoms with Crippen molar-refractivity contribution >= 4 is 42.8 Å². The summed E-state index contributed by atoms with van der Waals surface area (Å²) >= 11 is 7.21. The van der Waals surface area contributed by atoms with Crippen molar-refractivity contribution in [2.24, 2.45) is 0 Å². The van der Waals surface area contributed by atoms with Crippen LogP contribution in [0.5, 0.6) is 5.75 Å². The molecule has 0 aliphatic carbocycles. The maximum absolute atomic E-state index is 6.25. The van der Waals surface area contributed by atoms with Crippen molar-refractivity contribution in [1.29, 1.82) is 0 Å². The van der Waals surface area contributed by atoms with Gasteiger partial charge >= 0.3 is 0 Å². The third-order valence-corrected chi connectivity index (χ3v) is 5.48. The maximum atomic E-state index is 6.25. The minimum Gasteiger partial charge on any atom is -0.339 e. The summed E-state index contributed by atoms with van der Waals surface area (Å²) in [5.41, 5.74) is 2.41. The largest absolute Gasteiger partial charge is 0.339 e. The van der Waals surface area contributed by atoms with Crippen molar-refractivity contribution in [3.8, 4) is 5.75 Å². The van der Waals surface area contributed by atoms with Crippen molar-refractivity contribution in [3.63, 3.8) is 0 Å². The monoisotopic (exact) mass is 451 g/mol. The van der Waals surface area contributed by atoms with E-state index in [2.05, 4.69) is 100 Å². The molecule has 24 heavy (non-hydrogen) atoms. The number of rotatable bonds is 5. The molecular weight excluding hydrogens is 432 g/mol. The number of aromatic nitrogens is 1. The highest BCUT2D eigenvalue weighted by atomic mass is 79.9. The molecule has 3 aromatic rings. The number of hydroxylamine groups is 3. The number of hydrogen-bond donors (Lipinski definition) is 0. The van der Waals surface area contributed by atoms with Gasteiger partial charge < -0.3 is 9.40 Å². The van der Waals surface area contributed by atoms with Gasteiger partial charge in [-0.15, -0.1) is 4.65 Å². The normalized spacial score (nSPS) is 11.9. The van der Waals surface area contributed by atoms with Crippen molar-refractivity contribution in [2.75, 3.05) is 20.6 Å². The molecule has 3 rings (SSSR count). The molecule has 2 aromatic carbocycles. The zero-order chi connectivity index (χ0) is 17.3. The average Bonchev–Trinajstić information content (AvgIpc) is 2.86. The zero-order valence-electron chi connectivity index (χ0n) is 14.1. The van der Waals surface area contributed by atoms with Gasteiger partial charge in [-0.1, -0.05) is 50.1 Å². The van der Waals surface area contributed by atoms with Crippen LogP contribution in [0.2, 0.25) is 0 Å². The molecule has 0 fully saturated rings. The predicted octanol–water partition coefficient (Wildman–Crippen LogP) is 5.60. The minimum absolute atomic E-state index is 0.487. The molecule has 0 saturated heterocycles. The fourth-order valence-corrected chi connectivity index (χ4v) is 3.35. The summed E-state index contributed by atoms with van der Waals surface area (Å²) < 4.78 is 4.91. The Labute approximate surface area is 159 Å². The Morgan fingerprint density at radius 3 is 2.54 bits per heavy atom. The number of fused-ring (bicyclic) bond motifs is 1. The molecule has 0 amide bonds. The summed E-state index contributed by atoms with van der Waals surface area (Å²) in [6.07, 6.45) is 2.10. The number of hydrogen-bond acceptors (Lipinski definition) is 1. The van der Waals surface area contributed by atoms with E-state index >= 15 is 0 Å². The van der Waals surface area contributed by atoms with E-state index < -0.39 is 0 Å². The predicted molar refractivity (Wildman–Crippen MR) is 106 cm³/mol. The molecule has 0 unspecified atom stereocenters. The maximum Gasteiger partial charge on any atom is 0.215 e. The van der Waals surface area contributed by atoms with Gasteiger partial charge in [0.25, 0.3) is 0 Å². The second-order valence-electron chi connectivity index (χ2n) is 6.36. The van der Waals surface area contributed by atoms with E-state index in [1.807, 2.05) is 6.07 Å². The smallest absolute Gasteiger partial charge is 0.215 e. The third kappa shape index (κ3) is 3.68. The van der Waals surface area contributed by atoms with Gasteiger partial charge in [0.1, 0.15) is 20.6 Å². The second-order valence-corrected chi connectivity index (χ2v) is 8.13. The minimum atomic E-state index is 0.487. The van der Waals surface area contributed by atoms with E-state index in [9.17, 15) is 0 Å². The molecule has 0 bridgehead atoms. The van der Waals surface area contributed by atoms with Gasteiger partial charge in [0.05, 0.1) is 17.1 Å². The van der Waals surface area contributed by atoms with E-state index in [1.54, 1.807) is 0 Å². The average molecular weight is 453 g/mol. The Bertz CT molecular complexity index is 871. The molecule has 0 atom stereocenters. The summed E-state index contributed by atoms with van der Waals surface area (Å²) in [4.78, 5) is 6.25. The van der Waals surface area contributed by atoms with Crippen LogP contribution < -0.4 is 4.84 Å². The van der Waals surface area contributed by atoms with E-state index in [1.165, 1.54) is 11.1 Å². The van der Waals surface area contributed by atoms with Crippen LogP contribution in [-0.2, 0) is 6.54 Å². The summed E-state index contributed by atoms with van der Waals surface area (Å²) in [5, 5.41) is 1.12. The summed E-state index contributed by atoms with van der Waals surface area (Å²) in [6.45, 7) is 3.81. The van der Waals surface area contributed by atoms with E-state index in [-0.39, 0.29) is 0 Å². The van der Waals surface area contributed by atoms with E-state index in [0.29, 0.717) is 4.65 Å². The molecule has 0 N–H and O–H groups in total. The van der Waals surface area contributed by atoms with Crippen LogP contribution in [0.25, 0.3) is 10.9 Å². The lowest BCUT2D eigenvalue weighted by atomic mass is 10.2. The van der Waals surface area contributed by atoms with E-state index in [0.717, 1.165) is 33.2 Å². The van der Waals surface area contributed by atoms with Crippen molar-refractivity contribution < 1.29 is 9.48 Å². The first-order valence-corrected chi connectivity index (χ1v) is 9.52. The van der Waals surface area contributed by atoms with E-state index in [4.69, 9.17) is 4.84 Å². The van der Waals surface area contributed by atoms with Gasteiger partial charge in [0, 0.05) is 15.5 Å². The molecule has 3 nitrogen and oxygen atoms in total. The van der Waals surface area contributed by atoms with Gasteiger partial charge in [-0.2, -0.15) is 0 Å². The molecule has 0 saturated carbocycles. The van der Waals surface area contributed by atoms with Crippen LogP contribution in [-0.4, -0.2) is 29.9 Å². The fraction of sp³-hybridized carbons (Fsp3) is 0.263. The molecule has 0 aliphatic heterocycles.